The molecule has 0 atom stereocenters. The SMILES string of the molecule is COc1ccccc1CN(CC(=O)O)CC1CC1. The van der Waals surface area contributed by atoms with Crippen LogP contribution in [0.5, 0.6) is 5.75 Å². The summed E-state index contributed by atoms with van der Waals surface area (Å²) in [6, 6.07) is 7.77. The molecule has 0 heterocycles. The summed E-state index contributed by atoms with van der Waals surface area (Å²) in [5.41, 5.74) is 1.04. The van der Waals surface area contributed by atoms with Crippen molar-refractivity contribution in [1.82, 2.24) is 4.90 Å². The molecular weight excluding hydrogens is 230 g/mol. The van der Waals surface area contributed by atoms with Crippen molar-refractivity contribution in [2.45, 2.75) is 19.4 Å². The molecule has 1 saturated carbocycles. The number of para-hydroxylation sites is 1. The molecule has 0 amide bonds. The Hall–Kier alpha value is -1.55. The smallest absolute Gasteiger partial charge is 0.317 e. The molecule has 2 rings (SSSR count). The Labute approximate surface area is 107 Å². The molecule has 1 N–H and O–H groups in total. The maximum absolute atomic E-state index is 10.9. The molecule has 1 aromatic carbocycles. The van der Waals surface area contributed by atoms with Crippen molar-refractivity contribution >= 4 is 5.97 Å². The third-order valence-electron chi connectivity index (χ3n) is 3.16. The van der Waals surface area contributed by atoms with Crippen LogP contribution in [0.2, 0.25) is 0 Å². The summed E-state index contributed by atoms with van der Waals surface area (Å²) in [7, 11) is 1.64. The van der Waals surface area contributed by atoms with Crippen LogP contribution < -0.4 is 4.74 Å². The van der Waals surface area contributed by atoms with Crippen molar-refractivity contribution in [1.29, 1.82) is 0 Å². The number of carbonyl (C=O) groups is 1. The fourth-order valence-corrected chi connectivity index (χ4v) is 2.12. The first-order chi connectivity index (χ1) is 8.69. The van der Waals surface area contributed by atoms with Crippen molar-refractivity contribution in [2.24, 2.45) is 5.92 Å². The Morgan fingerprint density at radius 3 is 2.78 bits per heavy atom. The van der Waals surface area contributed by atoms with Gasteiger partial charge in [0.05, 0.1) is 13.7 Å². The second-order valence-electron chi connectivity index (χ2n) is 4.82. The highest BCUT2D eigenvalue weighted by atomic mass is 16.5. The van der Waals surface area contributed by atoms with Crippen LogP contribution in [0, 0.1) is 5.92 Å². The number of aliphatic carboxylic acids is 1. The van der Waals surface area contributed by atoms with E-state index in [2.05, 4.69) is 0 Å². The van der Waals surface area contributed by atoms with Crippen LogP contribution >= 0.6 is 0 Å². The largest absolute Gasteiger partial charge is 0.496 e. The first-order valence-electron chi connectivity index (χ1n) is 6.25. The Balaban J connectivity index is 2.03. The summed E-state index contributed by atoms with van der Waals surface area (Å²) in [5.74, 6) is 0.730. The molecule has 4 heteroatoms. The fraction of sp³-hybridized carbons (Fsp3) is 0.500. The lowest BCUT2D eigenvalue weighted by Crippen LogP contribution is -2.31. The van der Waals surface area contributed by atoms with E-state index in [4.69, 9.17) is 9.84 Å². The number of methoxy groups -OCH3 is 1. The Morgan fingerprint density at radius 1 is 1.44 bits per heavy atom. The van der Waals surface area contributed by atoms with Gasteiger partial charge in [-0.05, 0) is 24.8 Å². The second kappa shape index (κ2) is 5.87. The van der Waals surface area contributed by atoms with Gasteiger partial charge in [-0.15, -0.1) is 0 Å². The minimum absolute atomic E-state index is 0.0918. The van der Waals surface area contributed by atoms with Gasteiger partial charge >= 0.3 is 5.97 Å². The summed E-state index contributed by atoms with van der Waals surface area (Å²) >= 11 is 0. The molecule has 1 aliphatic carbocycles. The first-order valence-corrected chi connectivity index (χ1v) is 6.25. The molecule has 98 valence electrons. The van der Waals surface area contributed by atoms with Gasteiger partial charge in [0, 0.05) is 18.7 Å². The van der Waals surface area contributed by atoms with Crippen LogP contribution in [-0.4, -0.2) is 36.2 Å². The number of hydrogen-bond donors (Lipinski definition) is 1. The number of benzene rings is 1. The van der Waals surface area contributed by atoms with Crippen LogP contribution in [0.25, 0.3) is 0 Å². The minimum atomic E-state index is -0.773. The Morgan fingerprint density at radius 2 is 2.17 bits per heavy atom. The highest BCUT2D eigenvalue weighted by molar-refractivity contribution is 5.69. The van der Waals surface area contributed by atoms with Gasteiger partial charge in [0.2, 0.25) is 0 Å². The van der Waals surface area contributed by atoms with Gasteiger partial charge < -0.3 is 9.84 Å². The molecule has 0 aliphatic heterocycles. The molecular formula is C14H19NO3. The number of ether oxygens (including phenoxy) is 1. The summed E-state index contributed by atoms with van der Waals surface area (Å²) in [5, 5.41) is 8.95. The van der Waals surface area contributed by atoms with Gasteiger partial charge in [-0.2, -0.15) is 0 Å². The molecule has 1 aromatic rings. The van der Waals surface area contributed by atoms with Crippen molar-refractivity contribution in [3.05, 3.63) is 29.8 Å². The molecule has 4 nitrogen and oxygen atoms in total. The number of carboxylic acid groups (broad SMARTS) is 1. The third-order valence-corrected chi connectivity index (χ3v) is 3.16. The zero-order chi connectivity index (χ0) is 13.0. The summed E-state index contributed by atoms with van der Waals surface area (Å²) in [4.78, 5) is 12.9. The molecule has 0 spiro atoms. The lowest BCUT2D eigenvalue weighted by atomic mass is 10.2. The summed E-state index contributed by atoms with van der Waals surface area (Å²) in [6.07, 6.45) is 2.45. The number of hydrogen-bond acceptors (Lipinski definition) is 3. The molecule has 1 fully saturated rings. The average molecular weight is 249 g/mol. The van der Waals surface area contributed by atoms with Gasteiger partial charge in [-0.1, -0.05) is 18.2 Å². The van der Waals surface area contributed by atoms with Crippen molar-refractivity contribution < 1.29 is 14.6 Å². The number of rotatable bonds is 7. The third kappa shape index (κ3) is 3.74. The standard InChI is InChI=1S/C14H19NO3/c1-18-13-5-3-2-4-12(13)9-15(10-14(16)17)8-11-6-7-11/h2-5,11H,6-10H2,1H3,(H,16,17). The van der Waals surface area contributed by atoms with Gasteiger partial charge in [0.25, 0.3) is 0 Å². The van der Waals surface area contributed by atoms with E-state index in [0.29, 0.717) is 12.5 Å². The molecule has 18 heavy (non-hydrogen) atoms. The van der Waals surface area contributed by atoms with E-state index in [9.17, 15) is 4.79 Å². The maximum atomic E-state index is 10.9. The second-order valence-corrected chi connectivity index (χ2v) is 4.82. The van der Waals surface area contributed by atoms with Crippen molar-refractivity contribution in [2.75, 3.05) is 20.2 Å². The summed E-state index contributed by atoms with van der Waals surface area (Å²) < 4.78 is 5.30. The van der Waals surface area contributed by atoms with Crippen molar-refractivity contribution in [3.63, 3.8) is 0 Å². The molecule has 0 aromatic heterocycles. The molecule has 0 saturated heterocycles. The van der Waals surface area contributed by atoms with E-state index in [-0.39, 0.29) is 6.54 Å². The molecule has 0 bridgehead atoms. The van der Waals surface area contributed by atoms with E-state index in [1.165, 1.54) is 12.8 Å². The van der Waals surface area contributed by atoms with Gasteiger partial charge in [0.15, 0.2) is 0 Å². The Bertz CT molecular complexity index is 415. The topological polar surface area (TPSA) is 49.8 Å². The highest BCUT2D eigenvalue weighted by Crippen LogP contribution is 2.30. The van der Waals surface area contributed by atoms with Gasteiger partial charge in [-0.25, -0.2) is 0 Å². The van der Waals surface area contributed by atoms with Crippen molar-refractivity contribution in [3.8, 4) is 5.75 Å². The Kier molecular flexibility index (Phi) is 4.20. The van der Waals surface area contributed by atoms with E-state index in [1.807, 2.05) is 29.2 Å². The molecule has 0 unspecified atom stereocenters. The molecule has 1 aliphatic rings. The maximum Gasteiger partial charge on any atom is 0.317 e. The average Bonchev–Trinajstić information content (AvgIpc) is 3.12. The zero-order valence-corrected chi connectivity index (χ0v) is 10.6. The fourth-order valence-electron chi connectivity index (χ4n) is 2.12. The monoisotopic (exact) mass is 249 g/mol. The number of nitrogens with zero attached hydrogens (tertiary/aromatic N) is 1. The van der Waals surface area contributed by atoms with Crippen LogP contribution in [0.15, 0.2) is 24.3 Å². The van der Waals surface area contributed by atoms with E-state index in [1.54, 1.807) is 7.11 Å². The van der Waals surface area contributed by atoms with Crippen LogP contribution in [-0.2, 0) is 11.3 Å². The lowest BCUT2D eigenvalue weighted by molar-refractivity contribution is -0.138. The highest BCUT2D eigenvalue weighted by Gasteiger charge is 2.25. The predicted octanol–water partition coefficient (Wildman–Crippen LogP) is 1.99. The zero-order valence-electron chi connectivity index (χ0n) is 10.6. The molecule has 0 radical (unpaired) electrons. The number of carboxylic acids is 1. The van der Waals surface area contributed by atoms with Gasteiger partial charge in [-0.3, -0.25) is 9.69 Å². The van der Waals surface area contributed by atoms with Crippen LogP contribution in [0.4, 0.5) is 0 Å². The van der Waals surface area contributed by atoms with E-state index >= 15 is 0 Å². The lowest BCUT2D eigenvalue weighted by Gasteiger charge is -2.21. The predicted molar refractivity (Wildman–Crippen MR) is 68.6 cm³/mol. The van der Waals surface area contributed by atoms with E-state index < -0.39 is 5.97 Å². The van der Waals surface area contributed by atoms with E-state index in [0.717, 1.165) is 17.9 Å². The van der Waals surface area contributed by atoms with Crippen LogP contribution in [0.3, 0.4) is 0 Å². The van der Waals surface area contributed by atoms with Gasteiger partial charge in [0.1, 0.15) is 5.75 Å². The quantitative estimate of drug-likeness (QED) is 0.803. The van der Waals surface area contributed by atoms with Crippen LogP contribution in [0.1, 0.15) is 18.4 Å². The normalized spacial score (nSPS) is 14.8. The summed E-state index contributed by atoms with van der Waals surface area (Å²) in [6.45, 7) is 1.59. The minimum Gasteiger partial charge on any atom is -0.496 e. The first kappa shape index (κ1) is 12.9.